The minimum absolute atomic E-state index is 0.328. The van der Waals surface area contributed by atoms with Gasteiger partial charge in [0, 0.05) is 18.8 Å². The van der Waals surface area contributed by atoms with Crippen LogP contribution in [0.1, 0.15) is 18.4 Å². The molecule has 1 heterocycles. The van der Waals surface area contributed by atoms with Crippen LogP contribution in [0.15, 0.2) is 24.3 Å². The van der Waals surface area contributed by atoms with E-state index in [0.29, 0.717) is 6.10 Å². The highest BCUT2D eigenvalue weighted by atomic mass is 16.5. The van der Waals surface area contributed by atoms with Crippen molar-refractivity contribution < 1.29 is 9.47 Å². The maximum Gasteiger partial charge on any atom is 0.0809 e. The number of benzene rings is 1. The third-order valence-electron chi connectivity index (χ3n) is 2.92. The topological polar surface area (TPSA) is 30.5 Å². The normalized spacial score (nSPS) is 19.5. The minimum atomic E-state index is 0.328. The lowest BCUT2D eigenvalue weighted by Crippen LogP contribution is -2.17. The Labute approximate surface area is 103 Å². The molecule has 0 amide bonds. The molecule has 0 radical (unpaired) electrons. The molecule has 1 aromatic carbocycles. The first-order chi connectivity index (χ1) is 8.34. The van der Waals surface area contributed by atoms with Gasteiger partial charge in [0.2, 0.25) is 0 Å². The van der Waals surface area contributed by atoms with Crippen molar-refractivity contribution in [1.29, 1.82) is 0 Å². The number of rotatable bonds is 6. The Bertz CT molecular complexity index is 335. The summed E-state index contributed by atoms with van der Waals surface area (Å²) in [6.07, 6.45) is 2.65. The molecule has 1 aromatic rings. The van der Waals surface area contributed by atoms with Gasteiger partial charge < -0.3 is 14.8 Å². The Morgan fingerprint density at radius 1 is 1.47 bits per heavy atom. The van der Waals surface area contributed by atoms with Gasteiger partial charge in [0.05, 0.1) is 19.3 Å². The zero-order valence-corrected chi connectivity index (χ0v) is 10.4. The average Bonchev–Trinajstić information content (AvgIpc) is 2.82. The summed E-state index contributed by atoms with van der Waals surface area (Å²) in [5.41, 5.74) is 2.43. The number of anilines is 1. The van der Waals surface area contributed by atoms with Gasteiger partial charge in [-0.05, 0) is 37.5 Å². The Kier molecular flexibility index (Phi) is 4.83. The van der Waals surface area contributed by atoms with Gasteiger partial charge in [0.15, 0.2) is 0 Å². The Hall–Kier alpha value is -1.06. The van der Waals surface area contributed by atoms with E-state index in [-0.39, 0.29) is 0 Å². The smallest absolute Gasteiger partial charge is 0.0809 e. The number of hydrogen-bond donors (Lipinski definition) is 1. The fraction of sp³-hybridized carbons (Fsp3) is 0.571. The van der Waals surface area contributed by atoms with E-state index in [1.807, 2.05) is 0 Å². The second-order valence-corrected chi connectivity index (χ2v) is 4.51. The van der Waals surface area contributed by atoms with Gasteiger partial charge in [0.1, 0.15) is 0 Å². The summed E-state index contributed by atoms with van der Waals surface area (Å²) < 4.78 is 11.1. The molecule has 1 aliphatic rings. The van der Waals surface area contributed by atoms with E-state index in [1.54, 1.807) is 0 Å². The summed E-state index contributed by atoms with van der Waals surface area (Å²) in [6.45, 7) is 5.30. The SMILES string of the molecule is Cc1cccc(NCCOCC2CCCO2)c1. The highest BCUT2D eigenvalue weighted by Crippen LogP contribution is 2.12. The second kappa shape index (κ2) is 6.62. The van der Waals surface area contributed by atoms with E-state index < -0.39 is 0 Å². The fourth-order valence-corrected chi connectivity index (χ4v) is 2.01. The molecule has 0 saturated carbocycles. The van der Waals surface area contributed by atoms with Crippen molar-refractivity contribution in [3.8, 4) is 0 Å². The molecule has 3 nitrogen and oxygen atoms in total. The maximum absolute atomic E-state index is 5.58. The van der Waals surface area contributed by atoms with Crippen LogP contribution in [0.2, 0.25) is 0 Å². The van der Waals surface area contributed by atoms with Gasteiger partial charge in [-0.2, -0.15) is 0 Å². The van der Waals surface area contributed by atoms with Crippen LogP contribution in [0, 0.1) is 6.92 Å². The van der Waals surface area contributed by atoms with Crippen molar-refractivity contribution in [1.82, 2.24) is 0 Å². The monoisotopic (exact) mass is 235 g/mol. The lowest BCUT2D eigenvalue weighted by Gasteiger charge is -2.11. The molecule has 17 heavy (non-hydrogen) atoms. The van der Waals surface area contributed by atoms with Crippen LogP contribution in [-0.2, 0) is 9.47 Å². The van der Waals surface area contributed by atoms with Gasteiger partial charge in [-0.3, -0.25) is 0 Å². The van der Waals surface area contributed by atoms with Crippen molar-refractivity contribution in [3.05, 3.63) is 29.8 Å². The Balaban J connectivity index is 1.56. The molecule has 1 fully saturated rings. The summed E-state index contributed by atoms with van der Waals surface area (Å²) >= 11 is 0. The van der Waals surface area contributed by atoms with Crippen molar-refractivity contribution in [2.45, 2.75) is 25.9 Å². The first kappa shape index (κ1) is 12.4. The van der Waals surface area contributed by atoms with E-state index in [0.717, 1.165) is 38.5 Å². The average molecular weight is 235 g/mol. The van der Waals surface area contributed by atoms with E-state index in [9.17, 15) is 0 Å². The fourth-order valence-electron chi connectivity index (χ4n) is 2.01. The van der Waals surface area contributed by atoms with Gasteiger partial charge in [-0.25, -0.2) is 0 Å². The molecule has 1 saturated heterocycles. The van der Waals surface area contributed by atoms with E-state index in [1.165, 1.54) is 12.0 Å². The molecule has 0 spiro atoms. The summed E-state index contributed by atoms with van der Waals surface area (Å²) in [5.74, 6) is 0. The molecular formula is C14H21NO2. The molecular weight excluding hydrogens is 214 g/mol. The van der Waals surface area contributed by atoms with E-state index in [4.69, 9.17) is 9.47 Å². The standard InChI is InChI=1S/C14H21NO2/c1-12-4-2-5-13(10-12)15-7-9-16-11-14-6-3-8-17-14/h2,4-5,10,14-15H,3,6-9,11H2,1H3. The summed E-state index contributed by atoms with van der Waals surface area (Å²) in [7, 11) is 0. The van der Waals surface area contributed by atoms with Crippen LogP contribution in [-0.4, -0.2) is 32.5 Å². The highest BCUT2D eigenvalue weighted by molar-refractivity contribution is 5.45. The largest absolute Gasteiger partial charge is 0.383 e. The third-order valence-corrected chi connectivity index (χ3v) is 2.92. The van der Waals surface area contributed by atoms with E-state index >= 15 is 0 Å². The first-order valence-corrected chi connectivity index (χ1v) is 6.34. The zero-order valence-electron chi connectivity index (χ0n) is 10.4. The van der Waals surface area contributed by atoms with Gasteiger partial charge in [-0.15, -0.1) is 0 Å². The summed E-state index contributed by atoms with van der Waals surface area (Å²) in [4.78, 5) is 0. The lowest BCUT2D eigenvalue weighted by molar-refractivity contribution is 0.0206. The van der Waals surface area contributed by atoms with Crippen LogP contribution in [0.25, 0.3) is 0 Å². The number of nitrogens with one attached hydrogen (secondary N) is 1. The molecule has 2 rings (SSSR count). The predicted octanol–water partition coefficient (Wildman–Crippen LogP) is 2.60. The molecule has 1 N–H and O–H groups in total. The van der Waals surface area contributed by atoms with Crippen LogP contribution in [0.3, 0.4) is 0 Å². The van der Waals surface area contributed by atoms with Crippen LogP contribution >= 0.6 is 0 Å². The Morgan fingerprint density at radius 2 is 2.41 bits per heavy atom. The molecule has 1 aliphatic heterocycles. The van der Waals surface area contributed by atoms with Crippen LogP contribution < -0.4 is 5.32 Å². The van der Waals surface area contributed by atoms with Crippen LogP contribution in [0.5, 0.6) is 0 Å². The first-order valence-electron chi connectivity index (χ1n) is 6.34. The van der Waals surface area contributed by atoms with Crippen molar-refractivity contribution in [2.75, 3.05) is 31.7 Å². The summed E-state index contributed by atoms with van der Waals surface area (Å²) in [6, 6.07) is 8.37. The number of aryl methyl sites for hydroxylation is 1. The lowest BCUT2D eigenvalue weighted by atomic mass is 10.2. The van der Waals surface area contributed by atoms with Crippen LogP contribution in [0.4, 0.5) is 5.69 Å². The molecule has 3 heteroatoms. The molecule has 0 aliphatic carbocycles. The number of hydrogen-bond acceptors (Lipinski definition) is 3. The van der Waals surface area contributed by atoms with Crippen molar-refractivity contribution >= 4 is 5.69 Å². The predicted molar refractivity (Wildman–Crippen MR) is 69.5 cm³/mol. The molecule has 1 atom stereocenters. The molecule has 94 valence electrons. The summed E-state index contributed by atoms with van der Waals surface area (Å²) in [5, 5.41) is 3.35. The third kappa shape index (κ3) is 4.36. The van der Waals surface area contributed by atoms with Gasteiger partial charge in [0.25, 0.3) is 0 Å². The molecule has 0 bridgehead atoms. The van der Waals surface area contributed by atoms with Crippen molar-refractivity contribution in [3.63, 3.8) is 0 Å². The van der Waals surface area contributed by atoms with Gasteiger partial charge >= 0.3 is 0 Å². The zero-order chi connectivity index (χ0) is 11.9. The molecule has 1 unspecified atom stereocenters. The minimum Gasteiger partial charge on any atom is -0.383 e. The second-order valence-electron chi connectivity index (χ2n) is 4.51. The Morgan fingerprint density at radius 3 is 3.18 bits per heavy atom. The maximum atomic E-state index is 5.58. The molecule has 0 aromatic heterocycles. The number of ether oxygens (including phenoxy) is 2. The highest BCUT2D eigenvalue weighted by Gasteiger charge is 2.14. The van der Waals surface area contributed by atoms with E-state index in [2.05, 4.69) is 36.5 Å². The van der Waals surface area contributed by atoms with Crippen molar-refractivity contribution in [2.24, 2.45) is 0 Å². The quantitative estimate of drug-likeness (QED) is 0.769. The van der Waals surface area contributed by atoms with Gasteiger partial charge in [-0.1, -0.05) is 12.1 Å².